The molecule has 6 heteroatoms. The Kier molecular flexibility index (Phi) is 4.63. The Balaban J connectivity index is 2.60. The standard InChI is InChI=1S/C15H20ClN3O2/c1-5-6-11-18-13(15(17)19(11)2)9-7-8-10(20-3)14(21-4)12(9)16/h7-8H,5-6,17H2,1-4H3. The first-order chi connectivity index (χ1) is 10.0. The van der Waals surface area contributed by atoms with Crippen molar-refractivity contribution in [3.05, 3.63) is 23.0 Å². The van der Waals surface area contributed by atoms with E-state index in [1.807, 2.05) is 17.7 Å². The molecule has 0 saturated carbocycles. The van der Waals surface area contributed by atoms with Gasteiger partial charge in [0.15, 0.2) is 11.5 Å². The molecule has 0 unspecified atom stereocenters. The smallest absolute Gasteiger partial charge is 0.180 e. The van der Waals surface area contributed by atoms with E-state index in [1.165, 1.54) is 0 Å². The van der Waals surface area contributed by atoms with Crippen LogP contribution >= 0.6 is 11.6 Å². The van der Waals surface area contributed by atoms with E-state index >= 15 is 0 Å². The second kappa shape index (κ2) is 6.26. The topological polar surface area (TPSA) is 62.3 Å². The predicted molar refractivity (Wildman–Crippen MR) is 85.2 cm³/mol. The maximum Gasteiger partial charge on any atom is 0.180 e. The van der Waals surface area contributed by atoms with Crippen LogP contribution in [0.5, 0.6) is 11.5 Å². The van der Waals surface area contributed by atoms with Gasteiger partial charge in [0, 0.05) is 19.0 Å². The van der Waals surface area contributed by atoms with Gasteiger partial charge in [0.1, 0.15) is 17.3 Å². The van der Waals surface area contributed by atoms with Gasteiger partial charge in [0.05, 0.1) is 19.2 Å². The van der Waals surface area contributed by atoms with Gasteiger partial charge >= 0.3 is 0 Å². The highest BCUT2D eigenvalue weighted by Gasteiger charge is 2.20. The average molecular weight is 310 g/mol. The lowest BCUT2D eigenvalue weighted by Gasteiger charge is -2.12. The van der Waals surface area contributed by atoms with Crippen LogP contribution in [0.25, 0.3) is 11.3 Å². The van der Waals surface area contributed by atoms with E-state index in [2.05, 4.69) is 11.9 Å². The molecule has 0 atom stereocenters. The normalized spacial score (nSPS) is 10.7. The summed E-state index contributed by atoms with van der Waals surface area (Å²) >= 11 is 6.43. The number of hydrogen-bond donors (Lipinski definition) is 1. The number of nitrogen functional groups attached to an aromatic ring is 1. The van der Waals surface area contributed by atoms with E-state index in [1.54, 1.807) is 20.3 Å². The van der Waals surface area contributed by atoms with Gasteiger partial charge in [-0.05, 0) is 18.6 Å². The number of nitrogens with two attached hydrogens (primary N) is 1. The fourth-order valence-corrected chi connectivity index (χ4v) is 2.60. The molecule has 21 heavy (non-hydrogen) atoms. The van der Waals surface area contributed by atoms with E-state index in [0.717, 1.165) is 24.2 Å². The molecule has 2 aromatic rings. The first-order valence-corrected chi connectivity index (χ1v) is 7.14. The molecule has 114 valence electrons. The number of halogens is 1. The van der Waals surface area contributed by atoms with Crippen LogP contribution in [-0.4, -0.2) is 23.8 Å². The van der Waals surface area contributed by atoms with E-state index in [9.17, 15) is 0 Å². The quantitative estimate of drug-likeness (QED) is 0.920. The van der Waals surface area contributed by atoms with Crippen molar-refractivity contribution < 1.29 is 9.47 Å². The molecular formula is C15H20ClN3O2. The van der Waals surface area contributed by atoms with Crippen LogP contribution in [0.4, 0.5) is 5.82 Å². The van der Waals surface area contributed by atoms with E-state index in [0.29, 0.717) is 28.0 Å². The summed E-state index contributed by atoms with van der Waals surface area (Å²) in [5.74, 6) is 2.59. The van der Waals surface area contributed by atoms with Crippen molar-refractivity contribution in [2.75, 3.05) is 20.0 Å². The zero-order valence-corrected chi connectivity index (χ0v) is 13.5. The Morgan fingerprint density at radius 1 is 1.29 bits per heavy atom. The molecule has 1 heterocycles. The molecule has 0 aliphatic carbocycles. The highest BCUT2D eigenvalue weighted by atomic mass is 35.5. The lowest BCUT2D eigenvalue weighted by molar-refractivity contribution is 0.355. The van der Waals surface area contributed by atoms with Crippen molar-refractivity contribution in [1.29, 1.82) is 0 Å². The molecule has 1 aromatic carbocycles. The number of nitrogens with zero attached hydrogens (tertiary/aromatic N) is 2. The lowest BCUT2D eigenvalue weighted by atomic mass is 10.1. The second-order valence-corrected chi connectivity index (χ2v) is 5.11. The zero-order chi connectivity index (χ0) is 15.6. The Morgan fingerprint density at radius 3 is 2.57 bits per heavy atom. The van der Waals surface area contributed by atoms with Gasteiger partial charge in [-0.2, -0.15) is 0 Å². The van der Waals surface area contributed by atoms with Gasteiger partial charge in [-0.3, -0.25) is 0 Å². The van der Waals surface area contributed by atoms with Crippen molar-refractivity contribution in [3.63, 3.8) is 0 Å². The van der Waals surface area contributed by atoms with E-state index < -0.39 is 0 Å². The number of ether oxygens (including phenoxy) is 2. The van der Waals surface area contributed by atoms with E-state index in [4.69, 9.17) is 26.8 Å². The molecule has 5 nitrogen and oxygen atoms in total. The Morgan fingerprint density at radius 2 is 2.00 bits per heavy atom. The second-order valence-electron chi connectivity index (χ2n) is 4.73. The summed E-state index contributed by atoms with van der Waals surface area (Å²) in [5.41, 5.74) is 7.58. The van der Waals surface area contributed by atoms with Gasteiger partial charge in [-0.25, -0.2) is 4.98 Å². The molecule has 0 saturated heterocycles. The van der Waals surface area contributed by atoms with Crippen molar-refractivity contribution in [3.8, 4) is 22.8 Å². The predicted octanol–water partition coefficient (Wildman–Crippen LogP) is 3.29. The fourth-order valence-electron chi connectivity index (χ4n) is 2.28. The summed E-state index contributed by atoms with van der Waals surface area (Å²) in [6.45, 7) is 2.11. The maximum absolute atomic E-state index is 6.43. The van der Waals surface area contributed by atoms with Crippen molar-refractivity contribution in [2.24, 2.45) is 7.05 Å². The first-order valence-electron chi connectivity index (χ1n) is 6.77. The molecule has 2 rings (SSSR count). The molecule has 0 radical (unpaired) electrons. The summed E-state index contributed by atoms with van der Waals surface area (Å²) in [6, 6.07) is 3.64. The fraction of sp³-hybridized carbons (Fsp3) is 0.400. The molecule has 0 amide bonds. The average Bonchev–Trinajstić information content (AvgIpc) is 2.75. The molecule has 0 aliphatic rings. The molecule has 1 aromatic heterocycles. The molecule has 0 aliphatic heterocycles. The number of hydrogen-bond acceptors (Lipinski definition) is 4. The largest absolute Gasteiger partial charge is 0.493 e. The minimum Gasteiger partial charge on any atom is -0.493 e. The molecule has 2 N–H and O–H groups in total. The number of methoxy groups -OCH3 is 2. The van der Waals surface area contributed by atoms with Crippen LogP contribution in [0.3, 0.4) is 0 Å². The number of aromatic nitrogens is 2. The van der Waals surface area contributed by atoms with Gasteiger partial charge in [0.2, 0.25) is 0 Å². The van der Waals surface area contributed by atoms with Crippen LogP contribution in [0.2, 0.25) is 5.02 Å². The number of benzene rings is 1. The van der Waals surface area contributed by atoms with Gasteiger partial charge in [0.25, 0.3) is 0 Å². The van der Waals surface area contributed by atoms with Crippen LogP contribution in [-0.2, 0) is 13.5 Å². The summed E-state index contributed by atoms with van der Waals surface area (Å²) in [7, 11) is 5.03. The van der Waals surface area contributed by atoms with Crippen LogP contribution in [0, 0.1) is 0 Å². The summed E-state index contributed by atoms with van der Waals surface area (Å²) in [4.78, 5) is 4.62. The van der Waals surface area contributed by atoms with Gasteiger partial charge in [-0.1, -0.05) is 18.5 Å². The molecule has 0 spiro atoms. The highest BCUT2D eigenvalue weighted by Crippen LogP contribution is 2.42. The summed E-state index contributed by atoms with van der Waals surface area (Å²) < 4.78 is 12.5. The monoisotopic (exact) mass is 309 g/mol. The molecule has 0 fully saturated rings. The molecule has 0 bridgehead atoms. The minimum atomic E-state index is 0.449. The lowest BCUT2D eigenvalue weighted by Crippen LogP contribution is -2.01. The zero-order valence-electron chi connectivity index (χ0n) is 12.7. The number of imidazole rings is 1. The van der Waals surface area contributed by atoms with Crippen molar-refractivity contribution in [1.82, 2.24) is 9.55 Å². The SMILES string of the molecule is CCCc1nc(-c2ccc(OC)c(OC)c2Cl)c(N)n1C. The minimum absolute atomic E-state index is 0.449. The van der Waals surface area contributed by atoms with Crippen LogP contribution in [0.15, 0.2) is 12.1 Å². The number of rotatable bonds is 5. The van der Waals surface area contributed by atoms with Gasteiger partial charge in [-0.15, -0.1) is 0 Å². The Bertz CT molecular complexity index is 653. The maximum atomic E-state index is 6.43. The summed E-state index contributed by atoms with van der Waals surface area (Å²) in [6.07, 6.45) is 1.87. The highest BCUT2D eigenvalue weighted by molar-refractivity contribution is 6.35. The van der Waals surface area contributed by atoms with Crippen molar-refractivity contribution >= 4 is 17.4 Å². The molecular weight excluding hydrogens is 290 g/mol. The van der Waals surface area contributed by atoms with Crippen molar-refractivity contribution in [2.45, 2.75) is 19.8 Å². The van der Waals surface area contributed by atoms with E-state index in [-0.39, 0.29) is 0 Å². The van der Waals surface area contributed by atoms with Crippen LogP contribution < -0.4 is 15.2 Å². The first kappa shape index (κ1) is 15.5. The third-order valence-electron chi connectivity index (χ3n) is 3.45. The summed E-state index contributed by atoms with van der Waals surface area (Å²) in [5, 5.41) is 0.449. The third-order valence-corrected chi connectivity index (χ3v) is 3.82. The Labute approximate surface area is 129 Å². The van der Waals surface area contributed by atoms with Crippen LogP contribution in [0.1, 0.15) is 19.2 Å². The Hall–Kier alpha value is -1.88. The number of aryl methyl sites for hydroxylation is 1. The van der Waals surface area contributed by atoms with Gasteiger partial charge < -0.3 is 19.8 Å². The number of anilines is 1. The third kappa shape index (κ3) is 2.65.